The number of aromatic amines is 1. The number of nitrogen functional groups attached to an aromatic ring is 1. The molecule has 13 heavy (non-hydrogen) atoms. The van der Waals surface area contributed by atoms with Crippen molar-refractivity contribution in [2.75, 3.05) is 12.8 Å². The number of esters is 1. The van der Waals surface area contributed by atoms with E-state index in [-0.39, 0.29) is 17.2 Å². The third-order valence-corrected chi connectivity index (χ3v) is 2.24. The van der Waals surface area contributed by atoms with Crippen molar-refractivity contribution in [3.63, 3.8) is 0 Å². The van der Waals surface area contributed by atoms with E-state index in [4.69, 9.17) is 5.73 Å². The Morgan fingerprint density at radius 2 is 2.46 bits per heavy atom. The maximum Gasteiger partial charge on any atom is 0.318 e. The number of nitrogens with two attached hydrogens (primary N) is 1. The van der Waals surface area contributed by atoms with Crippen LogP contribution in [-0.4, -0.2) is 33.5 Å². The van der Waals surface area contributed by atoms with Crippen LogP contribution in [0.5, 0.6) is 0 Å². The predicted molar refractivity (Wildman–Crippen MR) is 48.1 cm³/mol. The molecule has 3 N–H and O–H groups in total. The predicted octanol–water partition coefficient (Wildman–Crippen LogP) is 0.0405. The van der Waals surface area contributed by atoms with Crippen molar-refractivity contribution in [3.8, 4) is 0 Å². The van der Waals surface area contributed by atoms with Gasteiger partial charge < -0.3 is 10.5 Å². The Labute approximate surface area is 79.2 Å². The van der Waals surface area contributed by atoms with Crippen molar-refractivity contribution in [2.24, 2.45) is 0 Å². The highest BCUT2D eigenvalue weighted by molar-refractivity contribution is 8.00. The molecule has 7 heteroatoms. The van der Waals surface area contributed by atoms with E-state index in [9.17, 15) is 4.79 Å². The zero-order chi connectivity index (χ0) is 9.84. The highest BCUT2D eigenvalue weighted by atomic mass is 32.2. The molecule has 1 atom stereocenters. The number of methoxy groups -OCH3 is 1. The van der Waals surface area contributed by atoms with Crippen molar-refractivity contribution in [1.82, 2.24) is 15.2 Å². The molecule has 1 rings (SSSR count). The number of rotatable bonds is 3. The zero-order valence-electron chi connectivity index (χ0n) is 7.27. The molecule has 0 saturated heterocycles. The summed E-state index contributed by atoms with van der Waals surface area (Å²) in [6.45, 7) is 1.71. The summed E-state index contributed by atoms with van der Waals surface area (Å²) in [4.78, 5) is 14.8. The molecule has 0 radical (unpaired) electrons. The van der Waals surface area contributed by atoms with E-state index < -0.39 is 0 Å². The van der Waals surface area contributed by atoms with Gasteiger partial charge in [0.1, 0.15) is 5.25 Å². The third-order valence-electron chi connectivity index (χ3n) is 1.30. The average Bonchev–Trinajstić information content (AvgIpc) is 2.49. The number of thioether (sulfide) groups is 1. The van der Waals surface area contributed by atoms with E-state index >= 15 is 0 Å². The SMILES string of the molecule is COC(=O)[C@H](C)Sc1n[nH]c(N)n1. The summed E-state index contributed by atoms with van der Waals surface area (Å²) in [5.41, 5.74) is 5.30. The van der Waals surface area contributed by atoms with Crippen LogP contribution in [0.25, 0.3) is 0 Å². The van der Waals surface area contributed by atoms with Gasteiger partial charge >= 0.3 is 5.97 Å². The number of hydrogen-bond acceptors (Lipinski definition) is 6. The summed E-state index contributed by atoms with van der Waals surface area (Å²) in [5, 5.41) is 6.35. The number of anilines is 1. The van der Waals surface area contributed by atoms with Crippen molar-refractivity contribution >= 4 is 23.7 Å². The second-order valence-electron chi connectivity index (χ2n) is 2.29. The van der Waals surface area contributed by atoms with Gasteiger partial charge in [0.05, 0.1) is 7.11 Å². The zero-order valence-corrected chi connectivity index (χ0v) is 8.09. The van der Waals surface area contributed by atoms with Gasteiger partial charge in [0.25, 0.3) is 0 Å². The number of nitrogens with zero attached hydrogens (tertiary/aromatic N) is 2. The van der Waals surface area contributed by atoms with Gasteiger partial charge in [0, 0.05) is 0 Å². The standard InChI is InChI=1S/C6H10N4O2S/c1-3(4(11)12-2)13-6-8-5(7)9-10-6/h3H,1-2H3,(H3,7,8,9,10)/t3-/m0/s1. The first-order valence-corrected chi connectivity index (χ1v) is 4.44. The Kier molecular flexibility index (Phi) is 3.13. The van der Waals surface area contributed by atoms with Crippen LogP contribution in [0.15, 0.2) is 5.16 Å². The maximum absolute atomic E-state index is 11.0. The summed E-state index contributed by atoms with van der Waals surface area (Å²) in [5.74, 6) is -0.0760. The Balaban J connectivity index is 2.54. The lowest BCUT2D eigenvalue weighted by atomic mass is 10.5. The molecule has 1 aromatic heterocycles. The fraction of sp³-hybridized carbons (Fsp3) is 0.500. The summed E-state index contributed by atoms with van der Waals surface area (Å²) in [6.07, 6.45) is 0. The number of carbonyl (C=O) groups excluding carboxylic acids is 1. The van der Waals surface area contributed by atoms with Gasteiger partial charge in [-0.3, -0.25) is 4.79 Å². The van der Waals surface area contributed by atoms with Crippen molar-refractivity contribution < 1.29 is 9.53 Å². The number of aromatic nitrogens is 3. The first-order valence-electron chi connectivity index (χ1n) is 3.56. The lowest BCUT2D eigenvalue weighted by molar-refractivity contribution is -0.139. The topological polar surface area (TPSA) is 93.9 Å². The van der Waals surface area contributed by atoms with Crippen LogP contribution in [0.4, 0.5) is 5.95 Å². The molecular formula is C6H10N4O2S. The fourth-order valence-corrected chi connectivity index (χ4v) is 1.44. The third kappa shape index (κ3) is 2.62. The molecule has 0 aliphatic rings. The van der Waals surface area contributed by atoms with Crippen molar-refractivity contribution in [3.05, 3.63) is 0 Å². The molecule has 1 heterocycles. The maximum atomic E-state index is 11.0. The summed E-state index contributed by atoms with van der Waals surface area (Å²) >= 11 is 1.19. The van der Waals surface area contributed by atoms with Crippen LogP contribution in [0, 0.1) is 0 Å². The number of hydrogen-bond donors (Lipinski definition) is 2. The van der Waals surface area contributed by atoms with Crippen molar-refractivity contribution in [2.45, 2.75) is 17.3 Å². The second kappa shape index (κ2) is 4.13. The van der Waals surface area contributed by atoms with Gasteiger partial charge in [0.2, 0.25) is 11.1 Å². The highest BCUT2D eigenvalue weighted by Crippen LogP contribution is 2.19. The molecule has 0 aliphatic heterocycles. The van der Waals surface area contributed by atoms with E-state index in [0.717, 1.165) is 0 Å². The minimum absolute atomic E-state index is 0.236. The number of carbonyl (C=O) groups is 1. The van der Waals surface area contributed by atoms with E-state index in [1.165, 1.54) is 18.9 Å². The molecular weight excluding hydrogens is 192 g/mol. The van der Waals surface area contributed by atoms with Crippen molar-refractivity contribution in [1.29, 1.82) is 0 Å². The normalized spacial score (nSPS) is 12.5. The van der Waals surface area contributed by atoms with E-state index in [2.05, 4.69) is 19.9 Å². The molecule has 1 aromatic rings. The lowest BCUT2D eigenvalue weighted by Crippen LogP contribution is -2.14. The minimum atomic E-state index is -0.333. The average molecular weight is 202 g/mol. The van der Waals surface area contributed by atoms with Gasteiger partial charge in [-0.05, 0) is 6.92 Å². The van der Waals surface area contributed by atoms with Crippen LogP contribution in [0.3, 0.4) is 0 Å². The quantitative estimate of drug-likeness (QED) is 0.531. The first kappa shape index (κ1) is 9.85. The molecule has 0 amide bonds. The second-order valence-corrected chi connectivity index (χ2v) is 3.59. The van der Waals surface area contributed by atoms with Crippen LogP contribution in [-0.2, 0) is 9.53 Å². The van der Waals surface area contributed by atoms with Gasteiger partial charge in [-0.1, -0.05) is 11.8 Å². The minimum Gasteiger partial charge on any atom is -0.468 e. The molecule has 0 spiro atoms. The summed E-state index contributed by atoms with van der Waals surface area (Å²) < 4.78 is 4.53. The first-order chi connectivity index (χ1) is 6.13. The van der Waals surface area contributed by atoms with Crippen LogP contribution >= 0.6 is 11.8 Å². The number of nitrogens with one attached hydrogen (secondary N) is 1. The molecule has 0 bridgehead atoms. The Morgan fingerprint density at radius 1 is 1.77 bits per heavy atom. The van der Waals surface area contributed by atoms with Gasteiger partial charge in [0.15, 0.2) is 0 Å². The molecule has 72 valence electrons. The molecule has 0 fully saturated rings. The molecule has 0 unspecified atom stereocenters. The fourth-order valence-electron chi connectivity index (χ4n) is 0.683. The van der Waals surface area contributed by atoms with Crippen LogP contribution < -0.4 is 5.73 Å². The monoisotopic (exact) mass is 202 g/mol. The Bertz CT molecular complexity index is 301. The summed E-state index contributed by atoms with van der Waals surface area (Å²) in [6, 6.07) is 0. The molecule has 0 aliphatic carbocycles. The van der Waals surface area contributed by atoms with Gasteiger partial charge in [-0.25, -0.2) is 5.10 Å². The number of H-pyrrole nitrogens is 1. The van der Waals surface area contributed by atoms with Crippen LogP contribution in [0.2, 0.25) is 0 Å². The van der Waals surface area contributed by atoms with E-state index in [1.54, 1.807) is 6.92 Å². The Morgan fingerprint density at radius 3 is 2.92 bits per heavy atom. The summed E-state index contributed by atoms with van der Waals surface area (Å²) in [7, 11) is 1.34. The largest absolute Gasteiger partial charge is 0.468 e. The smallest absolute Gasteiger partial charge is 0.318 e. The molecule has 6 nitrogen and oxygen atoms in total. The Hall–Kier alpha value is -1.24. The van der Waals surface area contributed by atoms with Gasteiger partial charge in [-0.15, -0.1) is 5.10 Å². The van der Waals surface area contributed by atoms with E-state index in [1.807, 2.05) is 0 Å². The van der Waals surface area contributed by atoms with Gasteiger partial charge in [-0.2, -0.15) is 4.98 Å². The number of ether oxygens (including phenoxy) is 1. The lowest BCUT2D eigenvalue weighted by Gasteiger charge is -2.04. The van der Waals surface area contributed by atoms with Crippen LogP contribution in [0.1, 0.15) is 6.92 Å². The molecule has 0 saturated carbocycles. The molecule has 0 aromatic carbocycles. The highest BCUT2D eigenvalue weighted by Gasteiger charge is 2.16. The van der Waals surface area contributed by atoms with E-state index in [0.29, 0.717) is 5.16 Å².